The minimum Gasteiger partial charge on any atom is -0.351 e. The van der Waals surface area contributed by atoms with Gasteiger partial charge in [-0.2, -0.15) is 5.26 Å². The first-order valence-corrected chi connectivity index (χ1v) is 6.65. The van der Waals surface area contributed by atoms with E-state index >= 15 is 0 Å². The number of nitrogens with zero attached hydrogens (tertiary/aromatic N) is 3. The van der Waals surface area contributed by atoms with Gasteiger partial charge in [0, 0.05) is 18.1 Å². The highest BCUT2D eigenvalue weighted by atomic mass is 32.1. The highest BCUT2D eigenvalue weighted by Crippen LogP contribution is 2.29. The monoisotopic (exact) mass is 257 g/mol. The molecular formula is C14H15N3S. The number of nitriles is 1. The van der Waals surface area contributed by atoms with Gasteiger partial charge in [-0.3, -0.25) is 0 Å². The van der Waals surface area contributed by atoms with E-state index in [9.17, 15) is 5.26 Å². The molecule has 2 heterocycles. The number of rotatable bonds is 3. The summed E-state index contributed by atoms with van der Waals surface area (Å²) in [6, 6.07) is 8.47. The van der Waals surface area contributed by atoms with Crippen LogP contribution in [0, 0.1) is 18.3 Å². The first-order valence-electron chi connectivity index (χ1n) is 5.77. The summed E-state index contributed by atoms with van der Waals surface area (Å²) in [5.74, 6) is 0.749. The lowest BCUT2D eigenvalue weighted by atomic mass is 10.1. The second-order valence-electron chi connectivity index (χ2n) is 4.24. The number of thiophene rings is 1. The van der Waals surface area contributed by atoms with E-state index in [0.29, 0.717) is 5.56 Å². The molecule has 0 spiro atoms. The molecule has 0 aliphatic carbocycles. The molecule has 0 aliphatic rings. The molecule has 2 rings (SSSR count). The van der Waals surface area contributed by atoms with Gasteiger partial charge < -0.3 is 4.90 Å². The molecule has 0 radical (unpaired) electrons. The molecule has 0 saturated carbocycles. The predicted molar refractivity (Wildman–Crippen MR) is 74.8 cm³/mol. The van der Waals surface area contributed by atoms with Crippen LogP contribution >= 0.6 is 11.3 Å². The Morgan fingerprint density at radius 3 is 2.83 bits per heavy atom. The van der Waals surface area contributed by atoms with Gasteiger partial charge in [-0.15, -0.1) is 11.3 Å². The van der Waals surface area contributed by atoms with Crippen LogP contribution in [-0.4, -0.2) is 12.0 Å². The van der Waals surface area contributed by atoms with Gasteiger partial charge in [-0.25, -0.2) is 4.98 Å². The Kier molecular flexibility index (Phi) is 3.63. The number of pyridine rings is 1. The van der Waals surface area contributed by atoms with Gasteiger partial charge in [-0.1, -0.05) is 6.07 Å². The zero-order valence-electron chi connectivity index (χ0n) is 10.7. The molecule has 1 atom stereocenters. The molecule has 0 aromatic carbocycles. The quantitative estimate of drug-likeness (QED) is 0.844. The lowest BCUT2D eigenvalue weighted by molar-refractivity contribution is 0.740. The number of aromatic nitrogens is 1. The topological polar surface area (TPSA) is 39.9 Å². The van der Waals surface area contributed by atoms with Gasteiger partial charge in [0.15, 0.2) is 0 Å². The standard InChI is InChI=1S/C14H15N3S/c1-10-6-7-16-14(12(10)9-15)17(3)11(2)13-5-4-8-18-13/h4-8,11H,1-3H3. The summed E-state index contributed by atoms with van der Waals surface area (Å²) in [6.07, 6.45) is 1.75. The zero-order chi connectivity index (χ0) is 13.1. The summed E-state index contributed by atoms with van der Waals surface area (Å²) in [4.78, 5) is 7.67. The lowest BCUT2D eigenvalue weighted by Crippen LogP contribution is -2.23. The summed E-state index contributed by atoms with van der Waals surface area (Å²) in [5, 5.41) is 11.3. The molecule has 4 heteroatoms. The van der Waals surface area contributed by atoms with Crippen LogP contribution in [0.25, 0.3) is 0 Å². The summed E-state index contributed by atoms with van der Waals surface area (Å²) in [6.45, 7) is 4.06. The largest absolute Gasteiger partial charge is 0.351 e. The molecular weight excluding hydrogens is 242 g/mol. The third kappa shape index (κ3) is 2.22. The van der Waals surface area contributed by atoms with Crippen molar-refractivity contribution < 1.29 is 0 Å². The van der Waals surface area contributed by atoms with Crippen LogP contribution in [0.5, 0.6) is 0 Å². The Bertz CT molecular complexity index is 569. The Hall–Kier alpha value is -1.86. The van der Waals surface area contributed by atoms with Gasteiger partial charge in [0.25, 0.3) is 0 Å². The highest BCUT2D eigenvalue weighted by molar-refractivity contribution is 7.10. The van der Waals surface area contributed by atoms with E-state index in [-0.39, 0.29) is 6.04 Å². The van der Waals surface area contributed by atoms with Crippen molar-refractivity contribution >= 4 is 17.2 Å². The molecule has 0 saturated heterocycles. The van der Waals surface area contributed by atoms with Crippen molar-refractivity contribution in [2.45, 2.75) is 19.9 Å². The molecule has 18 heavy (non-hydrogen) atoms. The van der Waals surface area contributed by atoms with Crippen LogP contribution in [0.1, 0.15) is 29.0 Å². The second-order valence-corrected chi connectivity index (χ2v) is 5.22. The van der Waals surface area contributed by atoms with Gasteiger partial charge in [0.1, 0.15) is 11.9 Å². The van der Waals surface area contributed by atoms with Gasteiger partial charge in [-0.05, 0) is 36.9 Å². The van der Waals surface area contributed by atoms with Crippen LogP contribution in [0.3, 0.4) is 0 Å². The first-order chi connectivity index (χ1) is 8.65. The SMILES string of the molecule is Cc1ccnc(N(C)C(C)c2cccs2)c1C#N. The van der Waals surface area contributed by atoms with E-state index in [0.717, 1.165) is 11.4 Å². The predicted octanol–water partition coefficient (Wildman–Crippen LogP) is 3.52. The second kappa shape index (κ2) is 5.19. The number of anilines is 1. The molecule has 0 amide bonds. The van der Waals surface area contributed by atoms with Crippen molar-refractivity contribution in [1.29, 1.82) is 5.26 Å². The van der Waals surface area contributed by atoms with Gasteiger partial charge in [0.05, 0.1) is 11.6 Å². The Labute approximate surface area is 111 Å². The third-order valence-electron chi connectivity index (χ3n) is 3.12. The summed E-state index contributed by atoms with van der Waals surface area (Å²) in [5.41, 5.74) is 1.62. The number of aryl methyl sites for hydroxylation is 1. The summed E-state index contributed by atoms with van der Waals surface area (Å²) < 4.78 is 0. The van der Waals surface area contributed by atoms with Crippen LogP contribution in [-0.2, 0) is 0 Å². The molecule has 0 aliphatic heterocycles. The molecule has 3 nitrogen and oxygen atoms in total. The number of hydrogen-bond donors (Lipinski definition) is 0. The number of hydrogen-bond acceptors (Lipinski definition) is 4. The minimum atomic E-state index is 0.214. The molecule has 92 valence electrons. The van der Waals surface area contributed by atoms with E-state index in [2.05, 4.69) is 34.3 Å². The van der Waals surface area contributed by atoms with Gasteiger partial charge >= 0.3 is 0 Å². The van der Waals surface area contributed by atoms with Crippen LogP contribution in [0.2, 0.25) is 0 Å². The van der Waals surface area contributed by atoms with E-state index in [1.165, 1.54) is 4.88 Å². The smallest absolute Gasteiger partial charge is 0.147 e. The fourth-order valence-corrected chi connectivity index (χ4v) is 2.68. The Morgan fingerprint density at radius 1 is 1.44 bits per heavy atom. The highest BCUT2D eigenvalue weighted by Gasteiger charge is 2.18. The van der Waals surface area contributed by atoms with E-state index in [1.54, 1.807) is 17.5 Å². The Morgan fingerprint density at radius 2 is 2.22 bits per heavy atom. The maximum Gasteiger partial charge on any atom is 0.147 e. The average molecular weight is 257 g/mol. The van der Waals surface area contributed by atoms with Gasteiger partial charge in [0.2, 0.25) is 0 Å². The first kappa shape index (κ1) is 12.6. The molecule has 1 unspecified atom stereocenters. The molecule has 0 fully saturated rings. The Balaban J connectivity index is 2.38. The third-order valence-corrected chi connectivity index (χ3v) is 4.16. The lowest BCUT2D eigenvalue weighted by Gasteiger charge is -2.26. The fourth-order valence-electron chi connectivity index (χ4n) is 1.85. The summed E-state index contributed by atoms with van der Waals surface area (Å²) >= 11 is 1.72. The molecule has 2 aromatic rings. The van der Waals surface area contributed by atoms with Crippen LogP contribution in [0.4, 0.5) is 5.82 Å². The van der Waals surface area contributed by atoms with Crippen molar-refractivity contribution in [2.24, 2.45) is 0 Å². The summed E-state index contributed by atoms with van der Waals surface area (Å²) in [7, 11) is 1.98. The van der Waals surface area contributed by atoms with Crippen molar-refractivity contribution in [3.8, 4) is 6.07 Å². The van der Waals surface area contributed by atoms with E-state index in [4.69, 9.17) is 0 Å². The van der Waals surface area contributed by atoms with E-state index in [1.807, 2.05) is 26.1 Å². The van der Waals surface area contributed by atoms with Crippen molar-refractivity contribution in [2.75, 3.05) is 11.9 Å². The van der Waals surface area contributed by atoms with Crippen molar-refractivity contribution in [3.63, 3.8) is 0 Å². The fraction of sp³-hybridized carbons (Fsp3) is 0.286. The maximum atomic E-state index is 9.25. The van der Waals surface area contributed by atoms with E-state index < -0.39 is 0 Å². The van der Waals surface area contributed by atoms with Crippen LogP contribution in [0.15, 0.2) is 29.8 Å². The van der Waals surface area contributed by atoms with Crippen molar-refractivity contribution in [3.05, 3.63) is 45.8 Å². The molecule has 0 bridgehead atoms. The average Bonchev–Trinajstić information content (AvgIpc) is 2.90. The van der Waals surface area contributed by atoms with Crippen molar-refractivity contribution in [1.82, 2.24) is 4.98 Å². The zero-order valence-corrected chi connectivity index (χ0v) is 11.5. The molecule has 2 aromatic heterocycles. The minimum absolute atomic E-state index is 0.214. The maximum absolute atomic E-state index is 9.25. The normalized spacial score (nSPS) is 11.9. The van der Waals surface area contributed by atoms with Crippen LogP contribution < -0.4 is 4.90 Å². The molecule has 0 N–H and O–H groups in total.